The molecular weight excluding hydrogens is 250 g/mol. The van der Waals surface area contributed by atoms with Crippen LogP contribution in [0.3, 0.4) is 0 Å². The molecule has 2 aliphatic heterocycles. The standard InChI is InChI=1S/C17H25NO2/c1-12-9-13(7-8-16(12)20-3)17(19)10-14-5-4-6-15(11-17)18(14)2/h7-9,14-15,19H,4-6,10-11H2,1-3H3. The molecule has 110 valence electrons. The monoisotopic (exact) mass is 275 g/mol. The van der Waals surface area contributed by atoms with Crippen molar-refractivity contribution >= 4 is 0 Å². The van der Waals surface area contributed by atoms with Crippen LogP contribution in [0, 0.1) is 6.92 Å². The molecule has 2 unspecified atom stereocenters. The first-order valence-electron chi connectivity index (χ1n) is 7.63. The van der Waals surface area contributed by atoms with E-state index in [2.05, 4.69) is 18.0 Å². The second-order valence-corrected chi connectivity index (χ2v) is 6.53. The van der Waals surface area contributed by atoms with Crippen molar-refractivity contribution in [3.8, 4) is 5.75 Å². The van der Waals surface area contributed by atoms with E-state index >= 15 is 0 Å². The molecule has 2 saturated heterocycles. The van der Waals surface area contributed by atoms with Gasteiger partial charge in [-0.2, -0.15) is 0 Å². The molecule has 2 heterocycles. The van der Waals surface area contributed by atoms with Gasteiger partial charge in [0.2, 0.25) is 0 Å². The summed E-state index contributed by atoms with van der Waals surface area (Å²) in [6.07, 6.45) is 5.43. The lowest BCUT2D eigenvalue weighted by atomic mass is 9.72. The number of hydrogen-bond acceptors (Lipinski definition) is 3. The van der Waals surface area contributed by atoms with Crippen LogP contribution < -0.4 is 4.74 Å². The number of fused-ring (bicyclic) bond motifs is 2. The summed E-state index contributed by atoms with van der Waals surface area (Å²) < 4.78 is 5.32. The molecule has 0 aromatic heterocycles. The van der Waals surface area contributed by atoms with Gasteiger partial charge < -0.3 is 14.7 Å². The Labute approximate surface area is 121 Å². The second kappa shape index (κ2) is 5.05. The molecular formula is C17H25NO2. The molecule has 0 radical (unpaired) electrons. The van der Waals surface area contributed by atoms with Gasteiger partial charge in [-0.05, 0) is 62.9 Å². The zero-order valence-corrected chi connectivity index (χ0v) is 12.7. The van der Waals surface area contributed by atoms with E-state index in [9.17, 15) is 5.11 Å². The minimum Gasteiger partial charge on any atom is -0.496 e. The Morgan fingerprint density at radius 3 is 2.45 bits per heavy atom. The largest absolute Gasteiger partial charge is 0.496 e. The number of aryl methyl sites for hydroxylation is 1. The van der Waals surface area contributed by atoms with Crippen LogP contribution >= 0.6 is 0 Å². The fourth-order valence-corrected chi connectivity index (χ4v) is 4.05. The van der Waals surface area contributed by atoms with Crippen LogP contribution in [0.1, 0.15) is 43.2 Å². The maximum absolute atomic E-state index is 11.2. The highest BCUT2D eigenvalue weighted by molar-refractivity contribution is 5.39. The van der Waals surface area contributed by atoms with Gasteiger partial charge >= 0.3 is 0 Å². The first-order chi connectivity index (χ1) is 9.53. The molecule has 0 spiro atoms. The number of piperidine rings is 2. The maximum atomic E-state index is 11.2. The van der Waals surface area contributed by atoms with Crippen molar-refractivity contribution in [2.75, 3.05) is 14.2 Å². The van der Waals surface area contributed by atoms with Crippen LogP contribution in [0.25, 0.3) is 0 Å². The van der Waals surface area contributed by atoms with Gasteiger partial charge in [-0.15, -0.1) is 0 Å². The van der Waals surface area contributed by atoms with E-state index < -0.39 is 5.60 Å². The minimum absolute atomic E-state index is 0.523. The van der Waals surface area contributed by atoms with Crippen molar-refractivity contribution < 1.29 is 9.84 Å². The van der Waals surface area contributed by atoms with Crippen molar-refractivity contribution in [3.05, 3.63) is 29.3 Å². The summed E-state index contributed by atoms with van der Waals surface area (Å²) in [5, 5.41) is 11.2. The number of nitrogens with zero attached hydrogens (tertiary/aromatic N) is 1. The van der Waals surface area contributed by atoms with Crippen molar-refractivity contribution in [1.29, 1.82) is 0 Å². The lowest BCUT2D eigenvalue weighted by Gasteiger charge is -2.50. The quantitative estimate of drug-likeness (QED) is 0.901. The van der Waals surface area contributed by atoms with Gasteiger partial charge in [-0.25, -0.2) is 0 Å². The second-order valence-electron chi connectivity index (χ2n) is 6.53. The zero-order chi connectivity index (χ0) is 14.3. The SMILES string of the molecule is COc1ccc(C2(O)CC3CCCC(C2)N3C)cc1C. The predicted octanol–water partition coefficient (Wildman–Crippen LogP) is 2.84. The van der Waals surface area contributed by atoms with Gasteiger partial charge in [-0.3, -0.25) is 0 Å². The van der Waals surface area contributed by atoms with Gasteiger partial charge in [-0.1, -0.05) is 12.5 Å². The lowest BCUT2D eigenvalue weighted by Crippen LogP contribution is -2.55. The third kappa shape index (κ3) is 2.23. The van der Waals surface area contributed by atoms with Gasteiger partial charge in [0, 0.05) is 12.1 Å². The summed E-state index contributed by atoms with van der Waals surface area (Å²) in [5.74, 6) is 0.894. The van der Waals surface area contributed by atoms with Crippen LogP contribution in [-0.4, -0.2) is 36.2 Å². The molecule has 1 aromatic carbocycles. The molecule has 2 fully saturated rings. The predicted molar refractivity (Wildman–Crippen MR) is 80.1 cm³/mol. The maximum Gasteiger partial charge on any atom is 0.121 e. The topological polar surface area (TPSA) is 32.7 Å². The first-order valence-corrected chi connectivity index (χ1v) is 7.63. The summed E-state index contributed by atoms with van der Waals surface area (Å²) in [7, 11) is 3.91. The molecule has 3 heteroatoms. The van der Waals surface area contributed by atoms with Crippen molar-refractivity contribution in [2.24, 2.45) is 0 Å². The number of hydrogen-bond donors (Lipinski definition) is 1. The molecule has 1 N–H and O–H groups in total. The third-order valence-corrected chi connectivity index (χ3v) is 5.31. The number of rotatable bonds is 2. The molecule has 2 bridgehead atoms. The van der Waals surface area contributed by atoms with Gasteiger partial charge in [0.25, 0.3) is 0 Å². The summed E-state index contributed by atoms with van der Waals surface area (Å²) in [6, 6.07) is 7.16. The van der Waals surface area contributed by atoms with Crippen molar-refractivity contribution in [2.45, 2.75) is 56.7 Å². The van der Waals surface area contributed by atoms with Crippen molar-refractivity contribution in [3.63, 3.8) is 0 Å². The number of methoxy groups -OCH3 is 1. The van der Waals surface area contributed by atoms with Crippen LogP contribution in [0.15, 0.2) is 18.2 Å². The molecule has 0 amide bonds. The van der Waals surface area contributed by atoms with E-state index in [0.717, 1.165) is 29.7 Å². The fraction of sp³-hybridized carbons (Fsp3) is 0.647. The number of ether oxygens (including phenoxy) is 1. The average Bonchev–Trinajstić information content (AvgIpc) is 2.41. The Balaban J connectivity index is 1.91. The smallest absolute Gasteiger partial charge is 0.121 e. The van der Waals surface area contributed by atoms with E-state index in [0.29, 0.717) is 12.1 Å². The van der Waals surface area contributed by atoms with E-state index in [1.807, 2.05) is 19.1 Å². The summed E-state index contributed by atoms with van der Waals surface area (Å²) >= 11 is 0. The molecule has 2 atom stereocenters. The van der Waals surface area contributed by atoms with Crippen LogP contribution in [0.2, 0.25) is 0 Å². The van der Waals surface area contributed by atoms with E-state index in [1.54, 1.807) is 7.11 Å². The fourth-order valence-electron chi connectivity index (χ4n) is 4.05. The van der Waals surface area contributed by atoms with E-state index in [4.69, 9.17) is 4.74 Å². The van der Waals surface area contributed by atoms with Gasteiger partial charge in [0.05, 0.1) is 12.7 Å². The van der Waals surface area contributed by atoms with Crippen LogP contribution in [0.4, 0.5) is 0 Å². The molecule has 3 rings (SSSR count). The normalized spacial score (nSPS) is 34.0. The highest BCUT2D eigenvalue weighted by Gasteiger charge is 2.44. The van der Waals surface area contributed by atoms with Gasteiger partial charge in [0.1, 0.15) is 5.75 Å². The highest BCUT2D eigenvalue weighted by Crippen LogP contribution is 2.44. The van der Waals surface area contributed by atoms with E-state index in [1.165, 1.54) is 19.3 Å². The molecule has 0 aliphatic carbocycles. The van der Waals surface area contributed by atoms with Crippen LogP contribution in [0.5, 0.6) is 5.75 Å². The van der Waals surface area contributed by atoms with Crippen LogP contribution in [-0.2, 0) is 5.60 Å². The first kappa shape index (κ1) is 13.9. The Morgan fingerprint density at radius 2 is 1.90 bits per heavy atom. The highest BCUT2D eigenvalue weighted by atomic mass is 16.5. The Morgan fingerprint density at radius 1 is 1.25 bits per heavy atom. The lowest BCUT2D eigenvalue weighted by molar-refractivity contribution is -0.0875. The Kier molecular flexibility index (Phi) is 3.51. The number of benzene rings is 1. The zero-order valence-electron chi connectivity index (χ0n) is 12.7. The molecule has 0 saturated carbocycles. The minimum atomic E-state index is -0.667. The molecule has 20 heavy (non-hydrogen) atoms. The molecule has 2 aliphatic rings. The molecule has 3 nitrogen and oxygen atoms in total. The summed E-state index contributed by atoms with van der Waals surface area (Å²) in [5.41, 5.74) is 1.49. The Hall–Kier alpha value is -1.06. The third-order valence-electron chi connectivity index (χ3n) is 5.31. The molecule has 1 aromatic rings. The number of aliphatic hydroxyl groups is 1. The summed E-state index contributed by atoms with van der Waals surface area (Å²) in [4.78, 5) is 2.48. The average molecular weight is 275 g/mol. The Bertz CT molecular complexity index is 486. The van der Waals surface area contributed by atoms with E-state index in [-0.39, 0.29) is 0 Å². The summed E-state index contributed by atoms with van der Waals surface area (Å²) in [6.45, 7) is 2.04. The van der Waals surface area contributed by atoms with Crippen molar-refractivity contribution in [1.82, 2.24) is 4.90 Å². The van der Waals surface area contributed by atoms with Gasteiger partial charge in [0.15, 0.2) is 0 Å².